The average molecular weight is 286 g/mol. The van der Waals surface area contributed by atoms with E-state index in [4.69, 9.17) is 0 Å². The number of hydrogen-bond acceptors (Lipinski definition) is 3. The van der Waals surface area contributed by atoms with Crippen LogP contribution in [-0.2, 0) is 9.59 Å². The van der Waals surface area contributed by atoms with Crippen molar-refractivity contribution in [3.8, 4) is 0 Å². The third kappa shape index (κ3) is 4.38. The maximum Gasteiger partial charge on any atom is 0.262 e. The number of amides is 2. The summed E-state index contributed by atoms with van der Waals surface area (Å²) in [5.74, 6) is -3.56. The first-order chi connectivity index (χ1) is 7.73. The van der Waals surface area contributed by atoms with Crippen molar-refractivity contribution in [2.45, 2.75) is 18.4 Å². The number of nitrogens with one attached hydrogen (secondary N) is 1. The molecule has 8 heteroatoms. The molecule has 0 aromatic heterocycles. The normalized spacial score (nSPS) is 21.1. The van der Waals surface area contributed by atoms with Crippen molar-refractivity contribution in [2.75, 3.05) is 34.2 Å². The molecular weight excluding hydrogens is 268 g/mol. The van der Waals surface area contributed by atoms with Crippen molar-refractivity contribution in [1.29, 1.82) is 0 Å². The van der Waals surface area contributed by atoms with Crippen LogP contribution in [-0.4, -0.2) is 67.8 Å². The summed E-state index contributed by atoms with van der Waals surface area (Å²) in [6.07, 6.45) is -0.508. The van der Waals surface area contributed by atoms with Gasteiger partial charge in [-0.3, -0.25) is 14.9 Å². The van der Waals surface area contributed by atoms with E-state index >= 15 is 0 Å². The summed E-state index contributed by atoms with van der Waals surface area (Å²) in [6.45, 7) is -0.589. The number of likely N-dealkylation sites (N-methyl/N-ethyl adjacent to an activating group) is 2. The third-order valence-corrected chi connectivity index (χ3v) is 2.66. The van der Waals surface area contributed by atoms with Gasteiger partial charge in [-0.25, -0.2) is 8.78 Å². The Kier molecular flexibility index (Phi) is 5.95. The fraction of sp³-hybridized carbons (Fsp3) is 0.800. The molecule has 1 rings (SSSR count). The minimum absolute atomic E-state index is 0. The molecule has 0 saturated carbocycles. The van der Waals surface area contributed by atoms with E-state index in [1.807, 2.05) is 0 Å². The van der Waals surface area contributed by atoms with Crippen molar-refractivity contribution >= 4 is 24.2 Å². The number of alkyl halides is 2. The topological polar surface area (TPSA) is 52.7 Å². The lowest BCUT2D eigenvalue weighted by atomic mass is 10.1. The van der Waals surface area contributed by atoms with Gasteiger partial charge >= 0.3 is 0 Å². The zero-order valence-electron chi connectivity index (χ0n) is 10.6. The average Bonchev–Trinajstić information content (AvgIpc) is 2.57. The largest absolute Gasteiger partial charge is 0.347 e. The smallest absolute Gasteiger partial charge is 0.262 e. The lowest BCUT2D eigenvalue weighted by Gasteiger charge is -2.22. The van der Waals surface area contributed by atoms with Gasteiger partial charge in [0.2, 0.25) is 11.8 Å². The summed E-state index contributed by atoms with van der Waals surface area (Å²) in [6, 6.07) is -0.898. The molecule has 0 aromatic rings. The highest BCUT2D eigenvalue weighted by Gasteiger charge is 2.43. The van der Waals surface area contributed by atoms with Gasteiger partial charge in [0, 0.05) is 27.6 Å². The Morgan fingerprint density at radius 1 is 1.33 bits per heavy atom. The standard InChI is InChI=1S/C10H17F2N3O2.ClH/c1-14(2)8(16)5-15(3)9(17)7-4-10(11,12)6-13-7;/h7,13H,4-6H2,1-3H3;1H. The molecule has 1 unspecified atom stereocenters. The van der Waals surface area contributed by atoms with Gasteiger partial charge in [-0.05, 0) is 0 Å². The van der Waals surface area contributed by atoms with Crippen molar-refractivity contribution < 1.29 is 18.4 Å². The first kappa shape index (κ1) is 17.1. The van der Waals surface area contributed by atoms with E-state index in [0.29, 0.717) is 0 Å². The van der Waals surface area contributed by atoms with Crippen LogP contribution in [0, 0.1) is 0 Å². The van der Waals surface area contributed by atoms with E-state index in [2.05, 4.69) is 5.32 Å². The Bertz CT molecular complexity index is 326. The molecule has 0 spiro atoms. The zero-order chi connectivity index (χ0) is 13.2. The molecule has 0 bridgehead atoms. The number of hydrogen-bond donors (Lipinski definition) is 1. The number of carbonyl (C=O) groups is 2. The summed E-state index contributed by atoms with van der Waals surface area (Å²) in [5, 5.41) is 2.46. The first-order valence-corrected chi connectivity index (χ1v) is 5.29. The van der Waals surface area contributed by atoms with Gasteiger partial charge in [-0.2, -0.15) is 0 Å². The van der Waals surface area contributed by atoms with Crippen LogP contribution in [0.25, 0.3) is 0 Å². The van der Waals surface area contributed by atoms with E-state index in [0.717, 1.165) is 0 Å². The second kappa shape index (κ2) is 6.29. The van der Waals surface area contributed by atoms with Crippen LogP contribution < -0.4 is 5.32 Å². The van der Waals surface area contributed by atoms with Crippen LogP contribution >= 0.6 is 12.4 Å². The molecule has 1 N–H and O–H groups in total. The number of rotatable bonds is 3. The molecule has 5 nitrogen and oxygen atoms in total. The van der Waals surface area contributed by atoms with Crippen LogP contribution in [0.4, 0.5) is 8.78 Å². The molecule has 1 fully saturated rings. The van der Waals surface area contributed by atoms with Gasteiger partial charge in [-0.15, -0.1) is 12.4 Å². The highest BCUT2D eigenvalue weighted by molar-refractivity contribution is 5.87. The maximum atomic E-state index is 12.9. The molecule has 1 saturated heterocycles. The predicted octanol–water partition coefficient (Wildman–Crippen LogP) is -0.0480. The van der Waals surface area contributed by atoms with Crippen molar-refractivity contribution in [3.63, 3.8) is 0 Å². The van der Waals surface area contributed by atoms with Gasteiger partial charge in [-0.1, -0.05) is 0 Å². The summed E-state index contributed by atoms with van der Waals surface area (Å²) in [4.78, 5) is 25.6. The number of halogens is 3. The van der Waals surface area contributed by atoms with Crippen molar-refractivity contribution in [3.05, 3.63) is 0 Å². The molecule has 0 aliphatic carbocycles. The third-order valence-electron chi connectivity index (χ3n) is 2.66. The minimum atomic E-state index is -2.84. The SMILES string of the molecule is CN(C)C(=O)CN(C)C(=O)C1CC(F)(F)CN1.Cl. The second-order valence-electron chi connectivity index (χ2n) is 4.48. The van der Waals surface area contributed by atoms with E-state index in [1.165, 1.54) is 16.8 Å². The summed E-state index contributed by atoms with van der Waals surface area (Å²) < 4.78 is 25.8. The Hall–Kier alpha value is -0.950. The summed E-state index contributed by atoms with van der Waals surface area (Å²) in [5.41, 5.74) is 0. The van der Waals surface area contributed by atoms with Crippen LogP contribution in [0.15, 0.2) is 0 Å². The van der Waals surface area contributed by atoms with Crippen LogP contribution in [0.3, 0.4) is 0 Å². The fourth-order valence-electron chi connectivity index (χ4n) is 1.58. The number of nitrogens with zero attached hydrogens (tertiary/aromatic N) is 2. The molecule has 106 valence electrons. The lowest BCUT2D eigenvalue weighted by molar-refractivity contribution is -0.139. The van der Waals surface area contributed by atoms with Crippen molar-refractivity contribution in [1.82, 2.24) is 15.1 Å². The highest BCUT2D eigenvalue weighted by atomic mass is 35.5. The Labute approximate surface area is 111 Å². The molecule has 2 amide bonds. The molecule has 18 heavy (non-hydrogen) atoms. The van der Waals surface area contributed by atoms with Crippen LogP contribution in [0.5, 0.6) is 0 Å². The van der Waals surface area contributed by atoms with E-state index in [1.54, 1.807) is 14.1 Å². The molecule has 1 aliphatic heterocycles. The first-order valence-electron chi connectivity index (χ1n) is 5.29. The summed E-state index contributed by atoms with van der Waals surface area (Å²) >= 11 is 0. The quantitative estimate of drug-likeness (QED) is 0.791. The fourth-order valence-corrected chi connectivity index (χ4v) is 1.58. The monoisotopic (exact) mass is 285 g/mol. The van der Waals surface area contributed by atoms with E-state index in [9.17, 15) is 18.4 Å². The van der Waals surface area contributed by atoms with Crippen LogP contribution in [0.1, 0.15) is 6.42 Å². The summed E-state index contributed by atoms with van der Waals surface area (Å²) in [7, 11) is 4.58. The Morgan fingerprint density at radius 2 is 1.89 bits per heavy atom. The predicted molar refractivity (Wildman–Crippen MR) is 64.9 cm³/mol. The molecule has 1 heterocycles. The zero-order valence-corrected chi connectivity index (χ0v) is 11.4. The van der Waals surface area contributed by atoms with Crippen LogP contribution in [0.2, 0.25) is 0 Å². The Morgan fingerprint density at radius 3 is 2.28 bits per heavy atom. The molecule has 0 radical (unpaired) electrons. The Balaban J connectivity index is 0.00000289. The molecular formula is C10H18ClF2N3O2. The van der Waals surface area contributed by atoms with Gasteiger partial charge < -0.3 is 9.80 Å². The molecule has 0 aromatic carbocycles. The maximum absolute atomic E-state index is 12.9. The van der Waals surface area contributed by atoms with Gasteiger partial charge in [0.15, 0.2) is 0 Å². The van der Waals surface area contributed by atoms with E-state index in [-0.39, 0.29) is 24.9 Å². The lowest BCUT2D eigenvalue weighted by Crippen LogP contribution is -2.45. The minimum Gasteiger partial charge on any atom is -0.347 e. The second-order valence-corrected chi connectivity index (χ2v) is 4.48. The van der Waals surface area contributed by atoms with Gasteiger partial charge in [0.25, 0.3) is 5.92 Å². The number of carbonyl (C=O) groups excluding carboxylic acids is 2. The van der Waals surface area contributed by atoms with Gasteiger partial charge in [0.05, 0.1) is 19.1 Å². The molecule has 1 aliphatic rings. The van der Waals surface area contributed by atoms with E-state index < -0.39 is 30.8 Å². The van der Waals surface area contributed by atoms with Gasteiger partial charge in [0.1, 0.15) is 0 Å². The highest BCUT2D eigenvalue weighted by Crippen LogP contribution is 2.25. The molecule has 1 atom stereocenters. The van der Waals surface area contributed by atoms with Crippen molar-refractivity contribution in [2.24, 2.45) is 0 Å².